The van der Waals surface area contributed by atoms with Crippen LogP contribution in [-0.2, 0) is 32.5 Å². The molecule has 5 aliphatic rings. The molecule has 4 heteroatoms. The Morgan fingerprint density at radius 2 is 0.973 bits per heavy atom. The van der Waals surface area contributed by atoms with E-state index in [2.05, 4.69) is 258 Å². The molecule has 0 amide bonds. The summed E-state index contributed by atoms with van der Waals surface area (Å²) in [6, 6.07) is 55.7. The number of hydrogen-bond acceptors (Lipinski definition) is 3. The lowest BCUT2D eigenvalue weighted by atomic mass is 9.33. The number of nitrogens with zero attached hydrogens (tertiary/aromatic N) is 3. The fourth-order valence-corrected chi connectivity index (χ4v) is 14.4. The highest BCUT2D eigenvalue weighted by atomic mass is 15.3. The SMILES string of the molecule is CC(C)(C)c1ccc(N2c3cc(N4c5ccccc5C5(C)CCCCC45C)ccc3B3c4cc5c(cc4N(c4ccc(C(C)(C)C)cc4-c4ccccc4)c4cc(C(C)(C)C)cc2c43)C(C)(C)CCC5(C)C)cc1. The number of hydrogen-bond donors (Lipinski definition) is 0. The largest absolute Gasteiger partial charge is 0.334 e. The Balaban J connectivity index is 1.21. The van der Waals surface area contributed by atoms with Crippen LogP contribution in [0.5, 0.6) is 0 Å². The van der Waals surface area contributed by atoms with Gasteiger partial charge in [0.15, 0.2) is 0 Å². The highest BCUT2D eigenvalue weighted by Gasteiger charge is 2.58. The molecule has 3 nitrogen and oxygen atoms in total. The first-order valence-electron chi connectivity index (χ1n) is 28.1. The number of fused-ring (bicyclic) bond motifs is 8. The molecule has 0 spiro atoms. The van der Waals surface area contributed by atoms with Crippen LogP contribution >= 0.6 is 0 Å². The normalized spacial score (nSPS) is 21.3. The molecule has 3 aliphatic heterocycles. The van der Waals surface area contributed by atoms with Gasteiger partial charge < -0.3 is 14.7 Å². The van der Waals surface area contributed by atoms with E-state index >= 15 is 0 Å². The molecule has 0 aromatic heterocycles. The average Bonchev–Trinajstić information content (AvgIpc) is 3.57. The van der Waals surface area contributed by atoms with Crippen molar-refractivity contribution in [1.29, 1.82) is 0 Å². The molecular weight excluding hydrogens is 894 g/mol. The van der Waals surface area contributed by atoms with Crippen LogP contribution in [0.1, 0.15) is 176 Å². The van der Waals surface area contributed by atoms with Crippen LogP contribution in [0.25, 0.3) is 11.1 Å². The maximum absolute atomic E-state index is 2.78. The predicted molar refractivity (Wildman–Crippen MR) is 320 cm³/mol. The van der Waals surface area contributed by atoms with E-state index < -0.39 is 0 Å². The Morgan fingerprint density at radius 1 is 0.405 bits per heavy atom. The van der Waals surface area contributed by atoms with E-state index in [0.29, 0.717) is 0 Å². The number of anilines is 8. The Hall–Kier alpha value is -6.00. The number of rotatable bonds is 4. The van der Waals surface area contributed by atoms with Crippen molar-refractivity contribution < 1.29 is 0 Å². The molecule has 7 aromatic carbocycles. The van der Waals surface area contributed by atoms with Gasteiger partial charge in [-0.05, 0) is 176 Å². The second kappa shape index (κ2) is 16.3. The molecule has 7 aromatic rings. The zero-order chi connectivity index (χ0) is 52.3. The molecule has 12 rings (SSSR count). The predicted octanol–water partition coefficient (Wildman–Crippen LogP) is 17.4. The Bertz CT molecular complexity index is 3390. The Labute approximate surface area is 445 Å². The highest BCUT2D eigenvalue weighted by molar-refractivity contribution is 7.00. The van der Waals surface area contributed by atoms with Crippen LogP contribution in [0.4, 0.5) is 45.5 Å². The van der Waals surface area contributed by atoms with Crippen LogP contribution in [0.3, 0.4) is 0 Å². The lowest BCUT2D eigenvalue weighted by Crippen LogP contribution is -2.62. The molecule has 0 saturated heterocycles. The van der Waals surface area contributed by atoms with Crippen molar-refractivity contribution >= 4 is 68.6 Å². The monoisotopic (exact) mass is 974 g/mol. The molecule has 0 radical (unpaired) electrons. The minimum Gasteiger partial charge on any atom is -0.334 e. The topological polar surface area (TPSA) is 9.72 Å². The Kier molecular flexibility index (Phi) is 10.7. The second-order valence-corrected chi connectivity index (χ2v) is 28.1. The summed E-state index contributed by atoms with van der Waals surface area (Å²) in [6.07, 6.45) is 7.21. The van der Waals surface area contributed by atoms with Gasteiger partial charge in [0.1, 0.15) is 0 Å². The molecule has 0 bridgehead atoms. The first-order chi connectivity index (χ1) is 34.8. The van der Waals surface area contributed by atoms with Crippen LogP contribution < -0.4 is 31.1 Å². The van der Waals surface area contributed by atoms with Crippen molar-refractivity contribution in [1.82, 2.24) is 0 Å². The van der Waals surface area contributed by atoms with Gasteiger partial charge in [0, 0.05) is 50.8 Å². The van der Waals surface area contributed by atoms with Crippen molar-refractivity contribution in [3.8, 4) is 11.1 Å². The van der Waals surface area contributed by atoms with Crippen LogP contribution in [0.2, 0.25) is 0 Å². The summed E-state index contributed by atoms with van der Waals surface area (Å²) in [5.41, 5.74) is 25.3. The minimum absolute atomic E-state index is 0.00373. The summed E-state index contributed by atoms with van der Waals surface area (Å²) in [5.74, 6) is 0. The molecule has 1 saturated carbocycles. The standard InChI is InChI=1S/C70H80BN3/c1-64(2,3)46-27-30-49(31-28-46)72-59-42-50(74-58-26-20-19-25-52(58)69(14)35-21-22-36-70(69,74)15)32-33-55(59)71-56-43-53-54(68(12,13)38-37-67(53,10)11)44-60(56)73(62-41-48(66(7,8)9)40-61(72)63(62)71)57-34-29-47(65(4,5)6)39-51(57)45-23-17-16-18-24-45/h16-20,23-34,39-44H,21-22,35-38H2,1-15H3. The van der Waals surface area contributed by atoms with Crippen molar-refractivity contribution in [3.05, 3.63) is 173 Å². The van der Waals surface area contributed by atoms with E-state index in [1.165, 1.54) is 132 Å². The van der Waals surface area contributed by atoms with E-state index in [1.807, 2.05) is 0 Å². The van der Waals surface area contributed by atoms with Crippen molar-refractivity contribution in [2.24, 2.45) is 0 Å². The zero-order valence-electron chi connectivity index (χ0n) is 47.4. The fraction of sp³-hybridized carbons (Fsp3) is 0.400. The van der Waals surface area contributed by atoms with Crippen molar-refractivity contribution in [3.63, 3.8) is 0 Å². The third kappa shape index (κ3) is 7.26. The summed E-state index contributed by atoms with van der Waals surface area (Å²) < 4.78 is 0. The third-order valence-electron chi connectivity index (χ3n) is 19.3. The third-order valence-corrected chi connectivity index (χ3v) is 19.3. The summed E-state index contributed by atoms with van der Waals surface area (Å²) >= 11 is 0. The summed E-state index contributed by atoms with van der Waals surface area (Å²) in [4.78, 5) is 8.17. The lowest BCUT2D eigenvalue weighted by molar-refractivity contribution is 0.195. The van der Waals surface area contributed by atoms with E-state index in [4.69, 9.17) is 0 Å². The second-order valence-electron chi connectivity index (χ2n) is 28.1. The van der Waals surface area contributed by atoms with Gasteiger partial charge in [-0.2, -0.15) is 0 Å². The molecule has 2 atom stereocenters. The van der Waals surface area contributed by atoms with Gasteiger partial charge >= 0.3 is 0 Å². The van der Waals surface area contributed by atoms with Gasteiger partial charge in [-0.3, -0.25) is 0 Å². The van der Waals surface area contributed by atoms with Gasteiger partial charge in [-0.15, -0.1) is 0 Å². The van der Waals surface area contributed by atoms with Gasteiger partial charge in [-0.25, -0.2) is 0 Å². The fourth-order valence-electron chi connectivity index (χ4n) is 14.4. The molecule has 0 N–H and O–H groups in total. The highest BCUT2D eigenvalue weighted by Crippen LogP contribution is 2.61. The number of para-hydroxylation sites is 1. The van der Waals surface area contributed by atoms with Gasteiger partial charge in [0.25, 0.3) is 6.71 Å². The lowest BCUT2D eigenvalue weighted by Gasteiger charge is -2.51. The minimum atomic E-state index is -0.142. The number of benzene rings is 7. The van der Waals surface area contributed by atoms with Crippen LogP contribution in [0, 0.1) is 0 Å². The molecule has 3 heterocycles. The smallest absolute Gasteiger partial charge is 0.252 e. The quantitative estimate of drug-likeness (QED) is 0.163. The molecule has 378 valence electrons. The zero-order valence-corrected chi connectivity index (χ0v) is 47.4. The van der Waals surface area contributed by atoms with Crippen molar-refractivity contribution in [2.75, 3.05) is 14.7 Å². The van der Waals surface area contributed by atoms with Gasteiger partial charge in [-0.1, -0.05) is 189 Å². The van der Waals surface area contributed by atoms with E-state index in [1.54, 1.807) is 0 Å². The van der Waals surface area contributed by atoms with Crippen LogP contribution in [0.15, 0.2) is 140 Å². The maximum atomic E-state index is 2.78. The summed E-state index contributed by atoms with van der Waals surface area (Å²) in [6.45, 7) is 36.3. The van der Waals surface area contributed by atoms with E-state index in [9.17, 15) is 0 Å². The molecule has 1 fully saturated rings. The molecule has 74 heavy (non-hydrogen) atoms. The van der Waals surface area contributed by atoms with E-state index in [-0.39, 0.29) is 44.7 Å². The van der Waals surface area contributed by atoms with Crippen molar-refractivity contribution in [2.45, 2.75) is 180 Å². The first-order valence-corrected chi connectivity index (χ1v) is 28.1. The molecule has 2 unspecified atom stereocenters. The maximum Gasteiger partial charge on any atom is 0.252 e. The molecular formula is C70H80BN3. The van der Waals surface area contributed by atoms with E-state index in [0.717, 1.165) is 12.8 Å². The average molecular weight is 974 g/mol. The van der Waals surface area contributed by atoms with Gasteiger partial charge in [0.05, 0.1) is 11.2 Å². The molecule has 2 aliphatic carbocycles. The summed E-state index contributed by atoms with van der Waals surface area (Å²) in [5, 5.41) is 0. The van der Waals surface area contributed by atoms with Crippen LogP contribution in [-0.4, -0.2) is 12.3 Å². The summed E-state index contributed by atoms with van der Waals surface area (Å²) in [7, 11) is 0. The first kappa shape index (κ1) is 48.9. The Morgan fingerprint density at radius 3 is 1.64 bits per heavy atom. The van der Waals surface area contributed by atoms with Gasteiger partial charge in [0.2, 0.25) is 0 Å².